The summed E-state index contributed by atoms with van der Waals surface area (Å²) in [4.78, 5) is 11.8. The Morgan fingerprint density at radius 1 is 1.40 bits per heavy atom. The molecule has 2 aromatic heterocycles. The van der Waals surface area contributed by atoms with E-state index in [9.17, 15) is 0 Å². The van der Waals surface area contributed by atoms with Crippen LogP contribution in [0.3, 0.4) is 0 Å². The molecule has 0 atom stereocenters. The van der Waals surface area contributed by atoms with Gasteiger partial charge in [-0.3, -0.25) is 0 Å². The lowest BCUT2D eigenvalue weighted by atomic mass is 10.4. The fraction of sp³-hybridized carbons (Fsp3) is 0.400. The van der Waals surface area contributed by atoms with Crippen molar-refractivity contribution >= 4 is 11.2 Å². The van der Waals surface area contributed by atoms with E-state index in [1.54, 1.807) is 0 Å². The molecular formula is C10H14N4O. The zero-order chi connectivity index (χ0) is 10.7. The second-order valence-corrected chi connectivity index (χ2v) is 3.17. The molecule has 0 spiro atoms. The quantitative estimate of drug-likeness (QED) is 0.785. The van der Waals surface area contributed by atoms with Crippen LogP contribution in [0.25, 0.3) is 11.2 Å². The van der Waals surface area contributed by atoms with E-state index in [-0.39, 0.29) is 0 Å². The van der Waals surface area contributed by atoms with Gasteiger partial charge in [0.15, 0.2) is 5.65 Å². The molecular weight excluding hydrogens is 192 g/mol. The van der Waals surface area contributed by atoms with Crippen molar-refractivity contribution in [2.24, 2.45) is 0 Å². The first-order valence-corrected chi connectivity index (χ1v) is 4.96. The molecule has 0 bridgehead atoms. The summed E-state index contributed by atoms with van der Waals surface area (Å²) in [6.45, 7) is 3.26. The van der Waals surface area contributed by atoms with Crippen molar-refractivity contribution in [2.75, 3.05) is 13.7 Å². The number of rotatable bonds is 4. The first kappa shape index (κ1) is 9.92. The normalized spacial score (nSPS) is 10.8. The highest BCUT2D eigenvalue weighted by Crippen LogP contribution is 2.14. The minimum Gasteiger partial charge on any atom is -0.478 e. The van der Waals surface area contributed by atoms with Crippen molar-refractivity contribution in [3.05, 3.63) is 18.0 Å². The van der Waals surface area contributed by atoms with Gasteiger partial charge in [0.2, 0.25) is 5.88 Å². The average molecular weight is 206 g/mol. The Balaban J connectivity index is 2.34. The summed E-state index contributed by atoms with van der Waals surface area (Å²) in [7, 11) is 1.88. The fourth-order valence-electron chi connectivity index (χ4n) is 1.40. The third-order valence-corrected chi connectivity index (χ3v) is 2.01. The summed E-state index contributed by atoms with van der Waals surface area (Å²) in [5.74, 6) is 1.50. The molecule has 0 aliphatic carbocycles. The van der Waals surface area contributed by atoms with Crippen LogP contribution in [0.2, 0.25) is 0 Å². The Morgan fingerprint density at radius 3 is 3.00 bits per heavy atom. The van der Waals surface area contributed by atoms with Crippen LogP contribution in [-0.2, 0) is 6.54 Å². The molecule has 2 heterocycles. The van der Waals surface area contributed by atoms with Crippen molar-refractivity contribution < 1.29 is 4.74 Å². The van der Waals surface area contributed by atoms with Gasteiger partial charge in [0.25, 0.3) is 0 Å². The molecule has 2 N–H and O–H groups in total. The number of pyridine rings is 1. The predicted octanol–water partition coefficient (Wildman–Crippen LogP) is 1.08. The molecule has 0 fully saturated rings. The van der Waals surface area contributed by atoms with Crippen LogP contribution < -0.4 is 10.1 Å². The summed E-state index contributed by atoms with van der Waals surface area (Å²) in [5, 5.41) is 3.03. The van der Waals surface area contributed by atoms with Crippen LogP contribution in [0, 0.1) is 0 Å². The van der Waals surface area contributed by atoms with Crippen LogP contribution in [0.4, 0.5) is 0 Å². The summed E-state index contributed by atoms with van der Waals surface area (Å²) in [6, 6.07) is 3.77. The number of nitrogens with zero attached hydrogens (tertiary/aromatic N) is 2. The van der Waals surface area contributed by atoms with Gasteiger partial charge in [-0.1, -0.05) is 0 Å². The standard InChI is InChI=1S/C10H14N4O/c1-3-15-9-5-4-7-10(14-9)13-8(12-7)6-11-2/h4-5,11H,3,6H2,1-2H3,(H,12,13,14). The largest absolute Gasteiger partial charge is 0.478 e. The number of aromatic nitrogens is 3. The molecule has 0 aliphatic rings. The summed E-state index contributed by atoms with van der Waals surface area (Å²) in [6.07, 6.45) is 0. The van der Waals surface area contributed by atoms with Crippen molar-refractivity contribution in [3.8, 4) is 5.88 Å². The van der Waals surface area contributed by atoms with Crippen LogP contribution in [-0.4, -0.2) is 28.6 Å². The number of hydrogen-bond acceptors (Lipinski definition) is 4. The maximum absolute atomic E-state index is 5.30. The summed E-state index contributed by atoms with van der Waals surface area (Å²) in [5.41, 5.74) is 1.63. The highest BCUT2D eigenvalue weighted by molar-refractivity contribution is 5.71. The molecule has 15 heavy (non-hydrogen) atoms. The van der Waals surface area contributed by atoms with Gasteiger partial charge in [0, 0.05) is 6.07 Å². The predicted molar refractivity (Wildman–Crippen MR) is 57.8 cm³/mol. The molecule has 80 valence electrons. The van der Waals surface area contributed by atoms with E-state index in [2.05, 4.69) is 20.3 Å². The van der Waals surface area contributed by atoms with Gasteiger partial charge in [-0.15, -0.1) is 0 Å². The number of hydrogen-bond donors (Lipinski definition) is 2. The van der Waals surface area contributed by atoms with Gasteiger partial charge in [0.05, 0.1) is 18.7 Å². The molecule has 0 radical (unpaired) electrons. The number of fused-ring (bicyclic) bond motifs is 1. The monoisotopic (exact) mass is 206 g/mol. The van der Waals surface area contributed by atoms with Crippen molar-refractivity contribution in [2.45, 2.75) is 13.5 Å². The van der Waals surface area contributed by atoms with Gasteiger partial charge in [-0.25, -0.2) is 4.98 Å². The number of imidazole rings is 1. The molecule has 0 aliphatic heterocycles. The van der Waals surface area contributed by atoms with E-state index < -0.39 is 0 Å². The molecule has 5 heteroatoms. The lowest BCUT2D eigenvalue weighted by Crippen LogP contribution is -2.06. The number of nitrogens with one attached hydrogen (secondary N) is 2. The molecule has 0 saturated heterocycles. The van der Waals surface area contributed by atoms with Gasteiger partial charge in [-0.05, 0) is 20.0 Å². The zero-order valence-electron chi connectivity index (χ0n) is 8.87. The van der Waals surface area contributed by atoms with Crippen LogP contribution in [0.15, 0.2) is 12.1 Å². The Hall–Kier alpha value is -1.62. The Kier molecular flexibility index (Phi) is 2.82. The molecule has 0 saturated carbocycles. The number of aromatic amines is 1. The fourth-order valence-corrected chi connectivity index (χ4v) is 1.40. The van der Waals surface area contributed by atoms with Crippen molar-refractivity contribution in [3.63, 3.8) is 0 Å². The topological polar surface area (TPSA) is 62.8 Å². The van der Waals surface area contributed by atoms with Crippen LogP contribution >= 0.6 is 0 Å². The third-order valence-electron chi connectivity index (χ3n) is 2.01. The van der Waals surface area contributed by atoms with E-state index in [0.717, 1.165) is 11.3 Å². The summed E-state index contributed by atoms with van der Waals surface area (Å²) >= 11 is 0. The summed E-state index contributed by atoms with van der Waals surface area (Å²) < 4.78 is 5.30. The second-order valence-electron chi connectivity index (χ2n) is 3.17. The highest BCUT2D eigenvalue weighted by Gasteiger charge is 2.04. The Bertz CT molecular complexity index is 448. The van der Waals surface area contributed by atoms with Crippen molar-refractivity contribution in [1.82, 2.24) is 20.3 Å². The van der Waals surface area contributed by atoms with E-state index in [0.29, 0.717) is 24.7 Å². The highest BCUT2D eigenvalue weighted by atomic mass is 16.5. The van der Waals surface area contributed by atoms with Crippen LogP contribution in [0.1, 0.15) is 12.7 Å². The maximum atomic E-state index is 5.30. The smallest absolute Gasteiger partial charge is 0.215 e. The molecule has 5 nitrogen and oxygen atoms in total. The lowest BCUT2D eigenvalue weighted by molar-refractivity contribution is 0.328. The van der Waals surface area contributed by atoms with Gasteiger partial charge < -0.3 is 15.0 Å². The molecule has 0 amide bonds. The van der Waals surface area contributed by atoms with Crippen LogP contribution in [0.5, 0.6) is 5.88 Å². The van der Waals surface area contributed by atoms with Gasteiger partial charge in [0.1, 0.15) is 5.82 Å². The van der Waals surface area contributed by atoms with E-state index >= 15 is 0 Å². The lowest BCUT2D eigenvalue weighted by Gasteiger charge is -1.99. The minimum absolute atomic E-state index is 0.617. The Morgan fingerprint density at radius 2 is 2.27 bits per heavy atom. The van der Waals surface area contributed by atoms with Gasteiger partial charge >= 0.3 is 0 Å². The minimum atomic E-state index is 0.617. The molecule has 0 aromatic carbocycles. The average Bonchev–Trinajstić information content (AvgIpc) is 2.60. The third kappa shape index (κ3) is 2.07. The molecule has 2 rings (SSSR count). The SMILES string of the molecule is CCOc1ccc2[nH]c(CNC)nc2n1. The Labute approximate surface area is 87.9 Å². The van der Waals surface area contributed by atoms with Gasteiger partial charge in [-0.2, -0.15) is 4.98 Å². The first-order valence-electron chi connectivity index (χ1n) is 4.96. The maximum Gasteiger partial charge on any atom is 0.215 e. The first-order chi connectivity index (χ1) is 7.33. The second kappa shape index (κ2) is 4.27. The number of H-pyrrole nitrogens is 1. The van der Waals surface area contributed by atoms with E-state index in [4.69, 9.17) is 4.74 Å². The van der Waals surface area contributed by atoms with Crippen molar-refractivity contribution in [1.29, 1.82) is 0 Å². The van der Waals surface area contributed by atoms with E-state index in [1.807, 2.05) is 26.1 Å². The molecule has 2 aromatic rings. The molecule has 0 unspecified atom stereocenters. The van der Waals surface area contributed by atoms with E-state index in [1.165, 1.54) is 0 Å². The zero-order valence-corrected chi connectivity index (χ0v) is 8.87. The number of ether oxygens (including phenoxy) is 1.